The Bertz CT molecular complexity index is 1060. The lowest BCUT2D eigenvalue weighted by molar-refractivity contribution is 0.0526. The van der Waals surface area contributed by atoms with Crippen LogP contribution < -0.4 is 4.74 Å². The first-order valence-electron chi connectivity index (χ1n) is 7.93. The first kappa shape index (κ1) is 15.7. The van der Waals surface area contributed by atoms with E-state index in [2.05, 4.69) is 4.40 Å². The minimum absolute atomic E-state index is 0.297. The normalized spacial score (nSPS) is 11.1. The molecule has 0 bridgehead atoms. The molecule has 0 spiro atoms. The fourth-order valence-electron chi connectivity index (χ4n) is 2.74. The number of thiazole rings is 1. The van der Waals surface area contributed by atoms with Gasteiger partial charge in [-0.2, -0.15) is 0 Å². The third-order valence-corrected chi connectivity index (χ3v) is 5.01. The predicted molar refractivity (Wildman–Crippen MR) is 98.5 cm³/mol. The monoisotopic (exact) mass is 352 g/mol. The van der Waals surface area contributed by atoms with Crippen molar-refractivity contribution in [1.82, 2.24) is 9.38 Å². The highest BCUT2D eigenvalue weighted by Gasteiger charge is 2.13. The fourth-order valence-corrected chi connectivity index (χ4v) is 3.79. The second-order valence-corrected chi connectivity index (χ2v) is 6.52. The molecule has 0 atom stereocenters. The van der Waals surface area contributed by atoms with Gasteiger partial charge in [0.2, 0.25) is 0 Å². The van der Waals surface area contributed by atoms with Crippen LogP contribution in [0.5, 0.6) is 5.75 Å². The zero-order chi connectivity index (χ0) is 17.4. The number of aromatic nitrogens is 2. The number of methoxy groups -OCH3 is 1. The van der Waals surface area contributed by atoms with E-state index >= 15 is 0 Å². The minimum atomic E-state index is -0.297. The van der Waals surface area contributed by atoms with E-state index in [1.165, 1.54) is 0 Å². The molecule has 126 valence electrons. The van der Waals surface area contributed by atoms with Gasteiger partial charge in [-0.25, -0.2) is 9.78 Å². The molecular weight excluding hydrogens is 336 g/mol. The Hall–Kier alpha value is -2.86. The first-order chi connectivity index (χ1) is 12.2. The zero-order valence-corrected chi connectivity index (χ0v) is 14.7. The summed E-state index contributed by atoms with van der Waals surface area (Å²) >= 11 is 1.55. The van der Waals surface area contributed by atoms with Gasteiger partial charge in [0.1, 0.15) is 5.75 Å². The first-order valence-corrected chi connectivity index (χ1v) is 8.74. The maximum atomic E-state index is 11.9. The topological polar surface area (TPSA) is 52.8 Å². The second-order valence-electron chi connectivity index (χ2n) is 5.51. The van der Waals surface area contributed by atoms with Crippen molar-refractivity contribution in [3.8, 4) is 17.0 Å². The largest absolute Gasteiger partial charge is 0.497 e. The lowest BCUT2D eigenvalue weighted by Gasteiger charge is -2.01. The number of carbonyl (C=O) groups excluding carboxylic acids is 1. The highest BCUT2D eigenvalue weighted by atomic mass is 32.1. The lowest BCUT2D eigenvalue weighted by Crippen LogP contribution is -2.03. The van der Waals surface area contributed by atoms with Gasteiger partial charge in [0.05, 0.1) is 35.2 Å². The van der Waals surface area contributed by atoms with Crippen LogP contribution in [0, 0.1) is 0 Å². The molecule has 5 nitrogen and oxygen atoms in total. The van der Waals surface area contributed by atoms with E-state index in [9.17, 15) is 4.79 Å². The highest BCUT2D eigenvalue weighted by molar-refractivity contribution is 7.23. The number of hydrogen-bond acceptors (Lipinski definition) is 5. The summed E-state index contributed by atoms with van der Waals surface area (Å²) < 4.78 is 13.3. The van der Waals surface area contributed by atoms with Crippen molar-refractivity contribution in [2.45, 2.75) is 6.92 Å². The predicted octanol–water partition coefficient (Wildman–Crippen LogP) is 4.40. The van der Waals surface area contributed by atoms with Crippen molar-refractivity contribution >= 4 is 32.5 Å². The number of esters is 1. The summed E-state index contributed by atoms with van der Waals surface area (Å²) in [6, 6.07) is 13.4. The molecule has 0 fully saturated rings. The minimum Gasteiger partial charge on any atom is -0.497 e. The highest BCUT2D eigenvalue weighted by Crippen LogP contribution is 2.30. The number of carbonyl (C=O) groups is 1. The molecule has 0 radical (unpaired) electrons. The summed E-state index contributed by atoms with van der Waals surface area (Å²) in [5.41, 5.74) is 3.54. The number of rotatable bonds is 4. The van der Waals surface area contributed by atoms with Crippen molar-refractivity contribution in [2.75, 3.05) is 13.7 Å². The fraction of sp³-hybridized carbons (Fsp3) is 0.158. The Morgan fingerprint density at radius 1 is 1.20 bits per heavy atom. The summed E-state index contributed by atoms with van der Waals surface area (Å²) in [6.07, 6.45) is 2.01. The van der Waals surface area contributed by atoms with Crippen LogP contribution >= 0.6 is 11.3 Å². The van der Waals surface area contributed by atoms with Gasteiger partial charge in [-0.1, -0.05) is 11.3 Å². The number of ether oxygens (including phenoxy) is 2. The average Bonchev–Trinajstić information content (AvgIpc) is 3.19. The number of nitrogens with zero attached hydrogens (tertiary/aromatic N) is 2. The van der Waals surface area contributed by atoms with Crippen LogP contribution in [-0.2, 0) is 4.74 Å². The summed E-state index contributed by atoms with van der Waals surface area (Å²) in [5, 5.41) is 0. The van der Waals surface area contributed by atoms with E-state index in [0.717, 1.165) is 32.2 Å². The summed E-state index contributed by atoms with van der Waals surface area (Å²) in [4.78, 5) is 17.5. The molecule has 2 aromatic heterocycles. The molecule has 4 rings (SSSR count). The molecule has 6 heteroatoms. The summed E-state index contributed by atoms with van der Waals surface area (Å²) in [6.45, 7) is 2.17. The van der Waals surface area contributed by atoms with Crippen LogP contribution in [0.15, 0.2) is 48.7 Å². The van der Waals surface area contributed by atoms with E-state index in [-0.39, 0.29) is 5.97 Å². The molecule has 0 amide bonds. The standard InChI is InChI=1S/C19H16N2O3S/c1-3-24-18(22)13-6-9-16-17(10-13)25-19-20-15(11-21(16)19)12-4-7-14(23-2)8-5-12/h4-11H,3H2,1-2H3. The number of hydrogen-bond donors (Lipinski definition) is 0. The quantitative estimate of drug-likeness (QED) is 0.511. The molecule has 0 saturated carbocycles. The maximum Gasteiger partial charge on any atom is 0.338 e. The van der Waals surface area contributed by atoms with Crippen LogP contribution in [-0.4, -0.2) is 29.1 Å². The Labute approximate surface area is 148 Å². The van der Waals surface area contributed by atoms with Gasteiger partial charge >= 0.3 is 5.97 Å². The van der Waals surface area contributed by atoms with Crippen molar-refractivity contribution in [2.24, 2.45) is 0 Å². The van der Waals surface area contributed by atoms with Crippen molar-refractivity contribution < 1.29 is 14.3 Å². The SMILES string of the molecule is CCOC(=O)c1ccc2c(c1)sc1nc(-c3ccc(OC)cc3)cn12. The van der Waals surface area contributed by atoms with Crippen LogP contribution in [0.1, 0.15) is 17.3 Å². The molecule has 4 aromatic rings. The Morgan fingerprint density at radius 3 is 2.72 bits per heavy atom. The smallest absolute Gasteiger partial charge is 0.338 e. The van der Waals surface area contributed by atoms with Crippen molar-refractivity contribution in [1.29, 1.82) is 0 Å². The van der Waals surface area contributed by atoms with Gasteiger partial charge in [-0.15, -0.1) is 0 Å². The molecule has 0 unspecified atom stereocenters. The molecule has 0 saturated heterocycles. The average molecular weight is 352 g/mol. The van der Waals surface area contributed by atoms with Crippen molar-refractivity contribution in [3.05, 3.63) is 54.2 Å². The Balaban J connectivity index is 1.75. The number of fused-ring (bicyclic) bond motifs is 3. The molecule has 0 aliphatic rings. The van der Waals surface area contributed by atoms with E-state index < -0.39 is 0 Å². The molecule has 0 aliphatic heterocycles. The van der Waals surface area contributed by atoms with Gasteiger partial charge in [-0.3, -0.25) is 4.40 Å². The molecular formula is C19H16N2O3S. The van der Waals surface area contributed by atoms with Gasteiger partial charge < -0.3 is 9.47 Å². The van der Waals surface area contributed by atoms with Crippen LogP contribution in [0.2, 0.25) is 0 Å². The van der Waals surface area contributed by atoms with Gasteiger partial charge in [0.15, 0.2) is 4.96 Å². The van der Waals surface area contributed by atoms with E-state index in [1.54, 1.807) is 31.4 Å². The van der Waals surface area contributed by atoms with Gasteiger partial charge in [0.25, 0.3) is 0 Å². The van der Waals surface area contributed by atoms with Crippen molar-refractivity contribution in [3.63, 3.8) is 0 Å². The van der Waals surface area contributed by atoms with Gasteiger partial charge in [0, 0.05) is 11.8 Å². The molecule has 2 heterocycles. The van der Waals surface area contributed by atoms with Crippen LogP contribution in [0.4, 0.5) is 0 Å². The Morgan fingerprint density at radius 2 is 2.00 bits per heavy atom. The molecule has 2 aromatic carbocycles. The van der Waals surface area contributed by atoms with Crippen LogP contribution in [0.3, 0.4) is 0 Å². The molecule has 0 N–H and O–H groups in total. The number of imidazole rings is 1. The molecule has 0 aliphatic carbocycles. The lowest BCUT2D eigenvalue weighted by atomic mass is 10.1. The summed E-state index contributed by atoms with van der Waals surface area (Å²) in [7, 11) is 1.65. The maximum absolute atomic E-state index is 11.9. The second kappa shape index (κ2) is 6.22. The Kier molecular flexibility index (Phi) is 3.89. The zero-order valence-electron chi connectivity index (χ0n) is 13.9. The molecule has 25 heavy (non-hydrogen) atoms. The van der Waals surface area contributed by atoms with E-state index in [4.69, 9.17) is 14.5 Å². The number of benzene rings is 2. The third kappa shape index (κ3) is 2.74. The van der Waals surface area contributed by atoms with Gasteiger partial charge in [-0.05, 0) is 49.4 Å². The summed E-state index contributed by atoms with van der Waals surface area (Å²) in [5.74, 6) is 0.524. The third-order valence-electron chi connectivity index (χ3n) is 3.99. The van der Waals surface area contributed by atoms with Crippen LogP contribution in [0.25, 0.3) is 26.4 Å². The van der Waals surface area contributed by atoms with E-state index in [1.807, 2.05) is 42.6 Å². The van der Waals surface area contributed by atoms with E-state index in [0.29, 0.717) is 12.2 Å².